The molecule has 0 radical (unpaired) electrons. The maximum atomic E-state index is 9.55. The summed E-state index contributed by atoms with van der Waals surface area (Å²) in [5, 5.41) is 19.4. The van der Waals surface area contributed by atoms with Gasteiger partial charge in [-0.1, -0.05) is 82.8 Å². The van der Waals surface area contributed by atoms with Gasteiger partial charge in [-0.15, -0.1) is 0 Å². The standard InChI is InChI=1S/C19H12Cl4O2/c20-18-16(19(21,22)23)10-9-15(11-1-5-13(24)6-2-11)17(18)12-3-7-14(25)8-4-12/h1-10,24-25H. The number of alkyl halides is 3. The molecule has 0 amide bonds. The summed E-state index contributed by atoms with van der Waals surface area (Å²) in [7, 11) is 0. The molecule has 128 valence electrons. The number of benzene rings is 3. The number of aromatic hydroxyl groups is 2. The van der Waals surface area contributed by atoms with Crippen molar-refractivity contribution in [1.82, 2.24) is 0 Å². The van der Waals surface area contributed by atoms with E-state index in [0.29, 0.717) is 16.1 Å². The van der Waals surface area contributed by atoms with Crippen molar-refractivity contribution in [1.29, 1.82) is 0 Å². The maximum absolute atomic E-state index is 9.55. The average molecular weight is 414 g/mol. The molecule has 2 nitrogen and oxygen atoms in total. The summed E-state index contributed by atoms with van der Waals surface area (Å²) >= 11 is 24.7. The zero-order valence-corrected chi connectivity index (χ0v) is 15.7. The quantitative estimate of drug-likeness (QED) is 0.448. The van der Waals surface area contributed by atoms with E-state index in [1.54, 1.807) is 54.6 Å². The smallest absolute Gasteiger partial charge is 0.217 e. The lowest BCUT2D eigenvalue weighted by molar-refractivity contribution is 0.475. The summed E-state index contributed by atoms with van der Waals surface area (Å²) in [6.45, 7) is 0. The fraction of sp³-hybridized carbons (Fsp3) is 0.0526. The molecular weight excluding hydrogens is 402 g/mol. The van der Waals surface area contributed by atoms with E-state index < -0.39 is 3.79 Å². The Bertz CT molecular complexity index is 898. The first-order chi connectivity index (χ1) is 11.8. The molecule has 0 atom stereocenters. The van der Waals surface area contributed by atoms with Crippen molar-refractivity contribution in [3.8, 4) is 33.8 Å². The Morgan fingerprint density at radius 1 is 0.640 bits per heavy atom. The largest absolute Gasteiger partial charge is 0.508 e. The van der Waals surface area contributed by atoms with Gasteiger partial charge in [-0.05, 0) is 41.0 Å². The van der Waals surface area contributed by atoms with Gasteiger partial charge in [-0.3, -0.25) is 0 Å². The monoisotopic (exact) mass is 412 g/mol. The Hall–Kier alpha value is -1.58. The summed E-state index contributed by atoms with van der Waals surface area (Å²) in [6, 6.07) is 16.8. The lowest BCUT2D eigenvalue weighted by atomic mass is 9.92. The Morgan fingerprint density at radius 2 is 1.12 bits per heavy atom. The van der Waals surface area contributed by atoms with Crippen LogP contribution in [-0.2, 0) is 3.79 Å². The molecule has 0 spiro atoms. The molecule has 0 bridgehead atoms. The van der Waals surface area contributed by atoms with Gasteiger partial charge < -0.3 is 10.2 Å². The average Bonchev–Trinajstić information content (AvgIpc) is 2.55. The third-order valence-electron chi connectivity index (χ3n) is 3.78. The molecule has 0 unspecified atom stereocenters. The van der Waals surface area contributed by atoms with Gasteiger partial charge in [0.05, 0.1) is 5.02 Å². The second-order valence-corrected chi connectivity index (χ2v) is 8.10. The third kappa shape index (κ3) is 3.83. The summed E-state index contributed by atoms with van der Waals surface area (Å²) < 4.78 is -1.67. The molecule has 2 N–H and O–H groups in total. The number of phenolic OH excluding ortho intramolecular Hbond substituents is 2. The zero-order chi connectivity index (χ0) is 18.2. The van der Waals surface area contributed by atoms with Gasteiger partial charge >= 0.3 is 0 Å². The van der Waals surface area contributed by atoms with E-state index >= 15 is 0 Å². The normalized spacial score (nSPS) is 11.5. The lowest BCUT2D eigenvalue weighted by Crippen LogP contribution is -2.03. The van der Waals surface area contributed by atoms with Crippen molar-refractivity contribution < 1.29 is 10.2 Å². The van der Waals surface area contributed by atoms with E-state index in [2.05, 4.69) is 0 Å². The number of phenols is 2. The van der Waals surface area contributed by atoms with Crippen LogP contribution < -0.4 is 0 Å². The molecule has 0 saturated carbocycles. The fourth-order valence-electron chi connectivity index (χ4n) is 2.59. The predicted octanol–water partition coefficient (Wildman–Crippen LogP) is 6.91. The Labute approximate surface area is 165 Å². The Balaban J connectivity index is 2.30. The number of halogens is 4. The second kappa shape index (κ2) is 6.97. The second-order valence-electron chi connectivity index (χ2n) is 5.44. The minimum Gasteiger partial charge on any atom is -0.508 e. The minimum absolute atomic E-state index is 0.142. The van der Waals surface area contributed by atoms with Crippen molar-refractivity contribution in [2.75, 3.05) is 0 Å². The predicted molar refractivity (Wildman–Crippen MR) is 105 cm³/mol. The molecule has 3 rings (SSSR count). The summed E-state index contributed by atoms with van der Waals surface area (Å²) in [4.78, 5) is 0. The highest BCUT2D eigenvalue weighted by molar-refractivity contribution is 6.67. The Kier molecular flexibility index (Phi) is 5.08. The minimum atomic E-state index is -1.67. The van der Waals surface area contributed by atoms with Gasteiger partial charge in [-0.25, -0.2) is 0 Å². The fourth-order valence-corrected chi connectivity index (χ4v) is 3.62. The van der Waals surface area contributed by atoms with Gasteiger partial charge in [0, 0.05) is 11.1 Å². The van der Waals surface area contributed by atoms with Crippen molar-refractivity contribution in [2.24, 2.45) is 0 Å². The highest BCUT2D eigenvalue weighted by Gasteiger charge is 2.28. The number of rotatable bonds is 2. The zero-order valence-electron chi connectivity index (χ0n) is 12.7. The first kappa shape index (κ1) is 18.2. The van der Waals surface area contributed by atoms with E-state index in [4.69, 9.17) is 46.4 Å². The van der Waals surface area contributed by atoms with Crippen LogP contribution in [0.3, 0.4) is 0 Å². The summed E-state index contributed by atoms with van der Waals surface area (Å²) in [5.41, 5.74) is 3.47. The molecule has 3 aromatic carbocycles. The van der Waals surface area contributed by atoms with E-state index in [-0.39, 0.29) is 11.5 Å². The highest BCUT2D eigenvalue weighted by Crippen LogP contribution is 2.48. The van der Waals surface area contributed by atoms with Crippen LogP contribution in [0.4, 0.5) is 0 Å². The van der Waals surface area contributed by atoms with Crippen molar-refractivity contribution in [2.45, 2.75) is 3.79 Å². The molecule has 0 fully saturated rings. The van der Waals surface area contributed by atoms with Crippen LogP contribution in [0.15, 0.2) is 60.7 Å². The summed E-state index contributed by atoms with van der Waals surface area (Å²) in [6.07, 6.45) is 0. The first-order valence-corrected chi connectivity index (χ1v) is 8.77. The number of hydrogen-bond acceptors (Lipinski definition) is 2. The van der Waals surface area contributed by atoms with E-state index in [0.717, 1.165) is 16.7 Å². The van der Waals surface area contributed by atoms with E-state index in [1.165, 1.54) is 0 Å². The molecule has 0 heterocycles. The Morgan fingerprint density at radius 3 is 1.60 bits per heavy atom. The molecule has 3 aromatic rings. The van der Waals surface area contributed by atoms with E-state index in [1.807, 2.05) is 6.07 Å². The molecule has 0 aliphatic rings. The van der Waals surface area contributed by atoms with Gasteiger partial charge in [0.2, 0.25) is 3.79 Å². The van der Waals surface area contributed by atoms with Crippen LogP contribution in [-0.4, -0.2) is 10.2 Å². The highest BCUT2D eigenvalue weighted by atomic mass is 35.6. The maximum Gasteiger partial charge on any atom is 0.217 e. The summed E-state index contributed by atoms with van der Waals surface area (Å²) in [5.74, 6) is 0.308. The third-order valence-corrected chi connectivity index (χ3v) is 4.79. The van der Waals surface area contributed by atoms with Crippen LogP contribution in [0.1, 0.15) is 5.56 Å². The van der Waals surface area contributed by atoms with E-state index in [9.17, 15) is 10.2 Å². The van der Waals surface area contributed by atoms with Crippen molar-refractivity contribution >= 4 is 46.4 Å². The van der Waals surface area contributed by atoms with Crippen LogP contribution in [0, 0.1) is 0 Å². The first-order valence-electron chi connectivity index (χ1n) is 7.26. The van der Waals surface area contributed by atoms with Gasteiger partial charge in [0.1, 0.15) is 11.5 Å². The van der Waals surface area contributed by atoms with Crippen molar-refractivity contribution in [3.05, 3.63) is 71.2 Å². The van der Waals surface area contributed by atoms with Crippen LogP contribution in [0.2, 0.25) is 5.02 Å². The van der Waals surface area contributed by atoms with Gasteiger partial charge in [0.25, 0.3) is 0 Å². The molecule has 0 saturated heterocycles. The van der Waals surface area contributed by atoms with Crippen molar-refractivity contribution in [3.63, 3.8) is 0 Å². The topological polar surface area (TPSA) is 40.5 Å². The van der Waals surface area contributed by atoms with Gasteiger partial charge in [-0.2, -0.15) is 0 Å². The SMILES string of the molecule is Oc1ccc(-c2ccc(C(Cl)(Cl)Cl)c(Cl)c2-c2ccc(O)cc2)cc1. The molecule has 0 aliphatic heterocycles. The van der Waals surface area contributed by atoms with Crippen LogP contribution in [0.25, 0.3) is 22.3 Å². The molecule has 25 heavy (non-hydrogen) atoms. The molecule has 6 heteroatoms. The van der Waals surface area contributed by atoms with Crippen LogP contribution in [0.5, 0.6) is 11.5 Å². The van der Waals surface area contributed by atoms with Crippen LogP contribution >= 0.6 is 46.4 Å². The lowest BCUT2D eigenvalue weighted by Gasteiger charge is -2.19. The molecular formula is C19H12Cl4O2. The molecule has 0 aliphatic carbocycles. The van der Waals surface area contributed by atoms with Gasteiger partial charge in [0.15, 0.2) is 0 Å². The number of hydrogen-bond donors (Lipinski definition) is 2. The molecule has 0 aromatic heterocycles.